The van der Waals surface area contributed by atoms with E-state index in [9.17, 15) is 4.79 Å². The van der Waals surface area contributed by atoms with Gasteiger partial charge in [0.25, 0.3) is 5.89 Å². The van der Waals surface area contributed by atoms with Crippen LogP contribution in [0.2, 0.25) is 0 Å². The number of carbonyl (C=O) groups is 1. The van der Waals surface area contributed by atoms with E-state index in [-0.39, 0.29) is 18.7 Å². The Morgan fingerprint density at radius 2 is 1.97 bits per heavy atom. The van der Waals surface area contributed by atoms with Crippen molar-refractivity contribution in [2.45, 2.75) is 32.6 Å². The van der Waals surface area contributed by atoms with Gasteiger partial charge in [0.2, 0.25) is 5.82 Å². The first-order valence-corrected chi connectivity index (χ1v) is 10.3. The van der Waals surface area contributed by atoms with Crippen LogP contribution in [-0.2, 0) is 17.9 Å². The third kappa shape index (κ3) is 5.40. The molecular weight excluding hydrogens is 396 g/mol. The lowest BCUT2D eigenvalue weighted by atomic mass is 10.1. The van der Waals surface area contributed by atoms with Gasteiger partial charge in [0.1, 0.15) is 18.5 Å². The molecule has 0 radical (unpaired) electrons. The number of methoxy groups -OCH3 is 1. The molecule has 8 nitrogen and oxygen atoms in total. The number of amides is 2. The fraction of sp³-hybridized carbons (Fsp3) is 0.348. The van der Waals surface area contributed by atoms with E-state index in [1.54, 1.807) is 12.0 Å². The largest absolute Gasteiger partial charge is 0.489 e. The minimum absolute atomic E-state index is 0.0329. The van der Waals surface area contributed by atoms with E-state index in [1.165, 1.54) is 5.56 Å². The highest BCUT2D eigenvalue weighted by Gasteiger charge is 2.27. The van der Waals surface area contributed by atoms with Crippen LogP contribution in [0.5, 0.6) is 5.75 Å². The summed E-state index contributed by atoms with van der Waals surface area (Å²) in [7, 11) is 1.58. The second-order valence-corrected chi connectivity index (χ2v) is 7.59. The van der Waals surface area contributed by atoms with Gasteiger partial charge in [-0.15, -0.1) is 0 Å². The average Bonchev–Trinajstić information content (AvgIpc) is 3.44. The number of benzene rings is 2. The van der Waals surface area contributed by atoms with Gasteiger partial charge in [-0.3, -0.25) is 0 Å². The third-order valence-electron chi connectivity index (χ3n) is 5.15. The van der Waals surface area contributed by atoms with Gasteiger partial charge in [0, 0.05) is 32.2 Å². The second-order valence-electron chi connectivity index (χ2n) is 7.59. The summed E-state index contributed by atoms with van der Waals surface area (Å²) >= 11 is 0. The van der Waals surface area contributed by atoms with Crippen molar-refractivity contribution in [3.05, 3.63) is 65.5 Å². The molecule has 0 aliphatic carbocycles. The molecule has 0 spiro atoms. The SMILES string of the molecule is COCc1nc(-c2ccc(OC3CCN(C(=O)NCc4ccc(C)cc4)C3)cc2)no1. The van der Waals surface area contributed by atoms with Crippen molar-refractivity contribution in [3.8, 4) is 17.1 Å². The number of hydrogen-bond acceptors (Lipinski definition) is 6. The van der Waals surface area contributed by atoms with Gasteiger partial charge in [-0.2, -0.15) is 4.98 Å². The topological polar surface area (TPSA) is 89.7 Å². The van der Waals surface area contributed by atoms with E-state index >= 15 is 0 Å². The summed E-state index contributed by atoms with van der Waals surface area (Å²) in [5.41, 5.74) is 3.12. The minimum atomic E-state index is -0.0639. The van der Waals surface area contributed by atoms with Crippen LogP contribution in [0.15, 0.2) is 53.1 Å². The zero-order valence-corrected chi connectivity index (χ0v) is 17.7. The van der Waals surface area contributed by atoms with Crippen LogP contribution in [0, 0.1) is 6.92 Å². The molecule has 2 aromatic carbocycles. The molecule has 3 aromatic rings. The number of ether oxygens (including phenoxy) is 2. The Balaban J connectivity index is 1.26. The number of urea groups is 1. The van der Waals surface area contributed by atoms with Crippen LogP contribution in [0.25, 0.3) is 11.4 Å². The van der Waals surface area contributed by atoms with Crippen LogP contribution in [-0.4, -0.2) is 47.4 Å². The molecule has 1 fully saturated rings. The van der Waals surface area contributed by atoms with Gasteiger partial charge in [-0.25, -0.2) is 4.79 Å². The van der Waals surface area contributed by atoms with Gasteiger partial charge in [-0.1, -0.05) is 35.0 Å². The highest BCUT2D eigenvalue weighted by atomic mass is 16.5. The maximum absolute atomic E-state index is 12.5. The number of rotatable bonds is 7. The van der Waals surface area contributed by atoms with Crippen molar-refractivity contribution in [2.24, 2.45) is 0 Å². The molecule has 1 atom stereocenters. The maximum Gasteiger partial charge on any atom is 0.317 e. The van der Waals surface area contributed by atoms with E-state index in [0.29, 0.717) is 31.3 Å². The van der Waals surface area contributed by atoms with Crippen molar-refractivity contribution in [1.29, 1.82) is 0 Å². The molecule has 162 valence electrons. The standard InChI is InChI=1S/C23H26N4O4/c1-16-3-5-17(6-4-16)13-24-23(28)27-12-11-20(14-27)30-19-9-7-18(8-10-19)22-25-21(15-29-2)31-26-22/h3-10,20H,11-15H2,1-2H3,(H,24,28). The Hall–Kier alpha value is -3.39. The van der Waals surface area contributed by atoms with E-state index in [2.05, 4.69) is 15.5 Å². The van der Waals surface area contributed by atoms with Crippen LogP contribution in [0.3, 0.4) is 0 Å². The Morgan fingerprint density at radius 1 is 1.19 bits per heavy atom. The lowest BCUT2D eigenvalue weighted by Crippen LogP contribution is -2.39. The summed E-state index contributed by atoms with van der Waals surface area (Å²) in [6, 6.07) is 15.6. The molecule has 1 N–H and O–H groups in total. The van der Waals surface area contributed by atoms with Gasteiger partial charge < -0.3 is 24.2 Å². The fourth-order valence-electron chi connectivity index (χ4n) is 3.43. The molecular formula is C23H26N4O4. The highest BCUT2D eigenvalue weighted by Crippen LogP contribution is 2.23. The number of hydrogen-bond donors (Lipinski definition) is 1. The number of nitrogens with one attached hydrogen (secondary N) is 1. The minimum Gasteiger partial charge on any atom is -0.489 e. The molecule has 1 aromatic heterocycles. The van der Waals surface area contributed by atoms with Gasteiger partial charge in [0.05, 0.1) is 6.54 Å². The predicted molar refractivity (Wildman–Crippen MR) is 114 cm³/mol. The molecule has 1 aliphatic rings. The van der Waals surface area contributed by atoms with Crippen molar-refractivity contribution >= 4 is 6.03 Å². The molecule has 1 unspecified atom stereocenters. The highest BCUT2D eigenvalue weighted by molar-refractivity contribution is 5.74. The first-order chi connectivity index (χ1) is 15.1. The summed E-state index contributed by atoms with van der Waals surface area (Å²) in [5, 5.41) is 6.93. The van der Waals surface area contributed by atoms with E-state index in [4.69, 9.17) is 14.0 Å². The van der Waals surface area contributed by atoms with Crippen LogP contribution in [0.4, 0.5) is 4.79 Å². The van der Waals surface area contributed by atoms with Crippen LogP contribution < -0.4 is 10.1 Å². The van der Waals surface area contributed by atoms with E-state index in [0.717, 1.165) is 23.3 Å². The number of likely N-dealkylation sites (tertiary alicyclic amines) is 1. The summed E-state index contributed by atoms with van der Waals surface area (Å²) < 4.78 is 16.2. The second kappa shape index (κ2) is 9.61. The first kappa shape index (κ1) is 20.9. The summed E-state index contributed by atoms with van der Waals surface area (Å²) in [5.74, 6) is 1.69. The molecule has 2 amide bonds. The zero-order valence-electron chi connectivity index (χ0n) is 17.7. The van der Waals surface area contributed by atoms with Crippen molar-refractivity contribution in [3.63, 3.8) is 0 Å². The lowest BCUT2D eigenvalue weighted by molar-refractivity contribution is 0.151. The number of aromatic nitrogens is 2. The van der Waals surface area contributed by atoms with Gasteiger partial charge in [-0.05, 0) is 36.8 Å². The predicted octanol–water partition coefficient (Wildman–Crippen LogP) is 3.55. The van der Waals surface area contributed by atoms with Crippen molar-refractivity contribution in [1.82, 2.24) is 20.4 Å². The maximum atomic E-state index is 12.5. The Bertz CT molecular complexity index is 1000. The van der Waals surface area contributed by atoms with E-state index < -0.39 is 0 Å². The molecule has 4 rings (SSSR count). The average molecular weight is 422 g/mol. The quantitative estimate of drug-likeness (QED) is 0.626. The molecule has 0 bridgehead atoms. The summed E-state index contributed by atoms with van der Waals surface area (Å²) in [6.07, 6.45) is 0.764. The number of carbonyl (C=O) groups excluding carboxylic acids is 1. The van der Waals surface area contributed by atoms with Crippen LogP contribution in [0.1, 0.15) is 23.4 Å². The summed E-state index contributed by atoms with van der Waals surface area (Å²) in [4.78, 5) is 18.5. The van der Waals surface area contributed by atoms with Crippen LogP contribution >= 0.6 is 0 Å². The molecule has 1 saturated heterocycles. The molecule has 0 saturated carbocycles. The normalized spacial score (nSPS) is 15.8. The molecule has 2 heterocycles. The molecule has 1 aliphatic heterocycles. The molecule has 8 heteroatoms. The number of nitrogens with zero attached hydrogens (tertiary/aromatic N) is 3. The van der Waals surface area contributed by atoms with Crippen molar-refractivity contribution < 1.29 is 18.8 Å². The van der Waals surface area contributed by atoms with E-state index in [1.807, 2.05) is 55.5 Å². The first-order valence-electron chi connectivity index (χ1n) is 10.3. The summed E-state index contributed by atoms with van der Waals surface area (Å²) in [6.45, 7) is 4.08. The third-order valence-corrected chi connectivity index (χ3v) is 5.15. The fourth-order valence-corrected chi connectivity index (χ4v) is 3.43. The Labute approximate surface area is 181 Å². The smallest absolute Gasteiger partial charge is 0.317 e. The Morgan fingerprint density at radius 3 is 2.71 bits per heavy atom. The molecule has 31 heavy (non-hydrogen) atoms. The van der Waals surface area contributed by atoms with Crippen molar-refractivity contribution in [2.75, 3.05) is 20.2 Å². The number of aryl methyl sites for hydroxylation is 1. The van der Waals surface area contributed by atoms with Gasteiger partial charge >= 0.3 is 6.03 Å². The lowest BCUT2D eigenvalue weighted by Gasteiger charge is -2.18. The monoisotopic (exact) mass is 422 g/mol. The Kier molecular flexibility index (Phi) is 6.47. The zero-order chi connectivity index (χ0) is 21.6. The van der Waals surface area contributed by atoms with Gasteiger partial charge in [0.15, 0.2) is 0 Å².